The fourth-order valence-corrected chi connectivity index (χ4v) is 2.91. The second-order valence-electron chi connectivity index (χ2n) is 6.11. The molecule has 3 heteroatoms. The van der Waals surface area contributed by atoms with Gasteiger partial charge in [0.2, 0.25) is 0 Å². The number of benzene rings is 3. The summed E-state index contributed by atoms with van der Waals surface area (Å²) in [6.45, 7) is 0.691. The molecular weight excluding hydrogens is 324 g/mol. The van der Waals surface area contributed by atoms with Gasteiger partial charge in [0, 0.05) is 12.0 Å². The van der Waals surface area contributed by atoms with Gasteiger partial charge in [-0.3, -0.25) is 4.79 Å². The van der Waals surface area contributed by atoms with Crippen molar-refractivity contribution in [3.63, 3.8) is 0 Å². The van der Waals surface area contributed by atoms with E-state index in [1.165, 1.54) is 0 Å². The molecule has 0 fully saturated rings. The maximum Gasteiger partial charge on any atom is 0.185 e. The van der Waals surface area contributed by atoms with Crippen LogP contribution in [0, 0.1) is 0 Å². The molecular formula is C23H18O3. The lowest BCUT2D eigenvalue weighted by atomic mass is 10.0. The Bertz CT molecular complexity index is 958. The van der Waals surface area contributed by atoms with Crippen LogP contribution in [-0.4, -0.2) is 12.4 Å². The zero-order valence-electron chi connectivity index (χ0n) is 14.2. The third-order valence-electron chi connectivity index (χ3n) is 4.24. The first-order valence-electron chi connectivity index (χ1n) is 8.59. The second kappa shape index (κ2) is 7.28. The fourth-order valence-electron chi connectivity index (χ4n) is 2.91. The standard InChI is InChI=1S/C23H18O3/c24-22(18-10-12-23-19(16-18)13-14-25-23)11-9-17-5-4-8-21(15-17)26-20-6-2-1-3-7-20/h1-12,15-16H,13-14H2/b11-9+. The monoisotopic (exact) mass is 342 g/mol. The molecule has 0 bridgehead atoms. The van der Waals surface area contributed by atoms with E-state index in [0.29, 0.717) is 12.2 Å². The van der Waals surface area contributed by atoms with Crippen molar-refractivity contribution in [2.45, 2.75) is 6.42 Å². The zero-order valence-corrected chi connectivity index (χ0v) is 14.2. The minimum absolute atomic E-state index is 0.0194. The van der Waals surface area contributed by atoms with Gasteiger partial charge in [-0.25, -0.2) is 0 Å². The number of hydrogen-bond donors (Lipinski definition) is 0. The summed E-state index contributed by atoms with van der Waals surface area (Å²) in [5.74, 6) is 2.39. The van der Waals surface area contributed by atoms with Crippen molar-refractivity contribution in [1.82, 2.24) is 0 Å². The molecule has 0 saturated heterocycles. The molecule has 4 rings (SSSR count). The first-order valence-corrected chi connectivity index (χ1v) is 8.59. The Kier molecular flexibility index (Phi) is 4.52. The Labute approximate surface area is 152 Å². The lowest BCUT2D eigenvalue weighted by molar-refractivity contribution is 0.104. The molecule has 0 radical (unpaired) electrons. The Morgan fingerprint density at radius 3 is 2.65 bits per heavy atom. The molecule has 0 unspecified atom stereocenters. The Balaban J connectivity index is 1.48. The molecule has 1 aliphatic heterocycles. The third kappa shape index (κ3) is 3.67. The summed E-state index contributed by atoms with van der Waals surface area (Å²) in [4.78, 5) is 12.4. The van der Waals surface area contributed by atoms with Crippen molar-refractivity contribution >= 4 is 11.9 Å². The summed E-state index contributed by atoms with van der Waals surface area (Å²) in [5, 5.41) is 0. The first-order chi connectivity index (χ1) is 12.8. The van der Waals surface area contributed by atoms with Gasteiger partial charge >= 0.3 is 0 Å². The number of fused-ring (bicyclic) bond motifs is 1. The third-order valence-corrected chi connectivity index (χ3v) is 4.24. The summed E-state index contributed by atoms with van der Waals surface area (Å²) >= 11 is 0. The summed E-state index contributed by atoms with van der Waals surface area (Å²) in [6.07, 6.45) is 4.27. The molecule has 3 nitrogen and oxygen atoms in total. The molecule has 0 aliphatic carbocycles. The van der Waals surface area contributed by atoms with Crippen molar-refractivity contribution in [3.8, 4) is 17.2 Å². The maximum absolute atomic E-state index is 12.4. The van der Waals surface area contributed by atoms with Crippen molar-refractivity contribution in [3.05, 3.63) is 95.6 Å². The maximum atomic E-state index is 12.4. The molecule has 0 spiro atoms. The molecule has 3 aromatic rings. The van der Waals surface area contributed by atoms with Gasteiger partial charge in [-0.15, -0.1) is 0 Å². The van der Waals surface area contributed by atoms with E-state index in [-0.39, 0.29) is 5.78 Å². The SMILES string of the molecule is O=C(/C=C/c1cccc(Oc2ccccc2)c1)c1ccc2c(c1)CCO2. The summed E-state index contributed by atoms with van der Waals surface area (Å²) in [7, 11) is 0. The van der Waals surface area contributed by atoms with Crippen LogP contribution in [0.25, 0.3) is 6.08 Å². The van der Waals surface area contributed by atoms with Crippen LogP contribution in [0.4, 0.5) is 0 Å². The van der Waals surface area contributed by atoms with Crippen molar-refractivity contribution in [2.75, 3.05) is 6.61 Å². The van der Waals surface area contributed by atoms with E-state index in [4.69, 9.17) is 9.47 Å². The number of ether oxygens (including phenoxy) is 2. The lowest BCUT2D eigenvalue weighted by Crippen LogP contribution is -1.95. The molecule has 0 amide bonds. The summed E-state index contributed by atoms with van der Waals surface area (Å²) in [5.41, 5.74) is 2.70. The van der Waals surface area contributed by atoms with E-state index in [0.717, 1.165) is 34.8 Å². The van der Waals surface area contributed by atoms with Crippen LogP contribution in [0.5, 0.6) is 17.2 Å². The van der Waals surface area contributed by atoms with Crippen LogP contribution in [0.1, 0.15) is 21.5 Å². The number of allylic oxidation sites excluding steroid dienone is 1. The van der Waals surface area contributed by atoms with Crippen LogP contribution in [0.15, 0.2) is 78.9 Å². The Morgan fingerprint density at radius 1 is 0.923 bits per heavy atom. The fraction of sp³-hybridized carbons (Fsp3) is 0.0870. The quantitative estimate of drug-likeness (QED) is 0.465. The number of hydrogen-bond acceptors (Lipinski definition) is 3. The highest BCUT2D eigenvalue weighted by molar-refractivity contribution is 6.07. The highest BCUT2D eigenvalue weighted by Gasteiger charge is 2.13. The summed E-state index contributed by atoms with van der Waals surface area (Å²) < 4.78 is 11.3. The average Bonchev–Trinajstić information content (AvgIpc) is 3.15. The van der Waals surface area contributed by atoms with E-state index in [1.807, 2.05) is 78.9 Å². The molecule has 0 aromatic heterocycles. The molecule has 26 heavy (non-hydrogen) atoms. The highest BCUT2D eigenvalue weighted by atomic mass is 16.5. The Morgan fingerprint density at radius 2 is 1.77 bits per heavy atom. The predicted octanol–water partition coefficient (Wildman–Crippen LogP) is 5.31. The number of carbonyl (C=O) groups is 1. The minimum atomic E-state index is -0.0194. The van der Waals surface area contributed by atoms with E-state index in [9.17, 15) is 4.79 Å². The molecule has 0 saturated carbocycles. The number of para-hydroxylation sites is 1. The molecule has 1 heterocycles. The average molecular weight is 342 g/mol. The highest BCUT2D eigenvalue weighted by Crippen LogP contribution is 2.26. The van der Waals surface area contributed by atoms with Crippen molar-refractivity contribution in [1.29, 1.82) is 0 Å². The predicted molar refractivity (Wildman–Crippen MR) is 102 cm³/mol. The van der Waals surface area contributed by atoms with E-state index < -0.39 is 0 Å². The van der Waals surface area contributed by atoms with Crippen LogP contribution >= 0.6 is 0 Å². The van der Waals surface area contributed by atoms with Gasteiger partial charge in [0.05, 0.1) is 6.61 Å². The van der Waals surface area contributed by atoms with Gasteiger partial charge in [0.15, 0.2) is 5.78 Å². The number of ketones is 1. The van der Waals surface area contributed by atoms with E-state index in [2.05, 4.69) is 0 Å². The van der Waals surface area contributed by atoms with E-state index >= 15 is 0 Å². The van der Waals surface area contributed by atoms with Crippen LogP contribution in [-0.2, 0) is 6.42 Å². The van der Waals surface area contributed by atoms with Gasteiger partial charge in [-0.05, 0) is 59.7 Å². The topological polar surface area (TPSA) is 35.5 Å². The number of rotatable bonds is 5. The summed E-state index contributed by atoms with van der Waals surface area (Å²) in [6, 6.07) is 22.9. The Hall–Kier alpha value is -3.33. The number of carbonyl (C=O) groups excluding carboxylic acids is 1. The smallest absolute Gasteiger partial charge is 0.185 e. The zero-order chi connectivity index (χ0) is 17.8. The van der Waals surface area contributed by atoms with Gasteiger partial charge in [0.25, 0.3) is 0 Å². The van der Waals surface area contributed by atoms with Crippen molar-refractivity contribution < 1.29 is 14.3 Å². The van der Waals surface area contributed by atoms with Gasteiger partial charge in [-0.2, -0.15) is 0 Å². The van der Waals surface area contributed by atoms with Crippen LogP contribution < -0.4 is 9.47 Å². The normalized spacial score (nSPS) is 12.6. The minimum Gasteiger partial charge on any atom is -0.493 e. The van der Waals surface area contributed by atoms with Gasteiger partial charge in [0.1, 0.15) is 17.2 Å². The van der Waals surface area contributed by atoms with Crippen molar-refractivity contribution in [2.24, 2.45) is 0 Å². The molecule has 128 valence electrons. The second-order valence-corrected chi connectivity index (χ2v) is 6.11. The molecule has 3 aromatic carbocycles. The molecule has 1 aliphatic rings. The molecule has 0 atom stereocenters. The largest absolute Gasteiger partial charge is 0.493 e. The lowest BCUT2D eigenvalue weighted by Gasteiger charge is -2.06. The van der Waals surface area contributed by atoms with Gasteiger partial charge < -0.3 is 9.47 Å². The van der Waals surface area contributed by atoms with Crippen LogP contribution in [0.2, 0.25) is 0 Å². The first kappa shape index (κ1) is 16.2. The van der Waals surface area contributed by atoms with Gasteiger partial charge in [-0.1, -0.05) is 36.4 Å². The molecule has 0 N–H and O–H groups in total. The van der Waals surface area contributed by atoms with E-state index in [1.54, 1.807) is 6.08 Å². The van der Waals surface area contributed by atoms with Crippen LogP contribution in [0.3, 0.4) is 0 Å².